The maximum atomic E-state index is 12.6. The molecule has 0 aliphatic carbocycles. The lowest BCUT2D eigenvalue weighted by Gasteiger charge is -2.28. The number of carbonyl (C=O) groups is 1. The van der Waals surface area contributed by atoms with Crippen LogP contribution in [0.15, 0.2) is 48.5 Å². The van der Waals surface area contributed by atoms with Gasteiger partial charge in [0.05, 0.1) is 23.6 Å². The summed E-state index contributed by atoms with van der Waals surface area (Å²) in [5, 5.41) is 0.707. The monoisotopic (exact) mass is 441 g/mol. The van der Waals surface area contributed by atoms with Crippen molar-refractivity contribution in [2.24, 2.45) is 0 Å². The van der Waals surface area contributed by atoms with Crippen molar-refractivity contribution < 1.29 is 14.3 Å². The third-order valence-corrected chi connectivity index (χ3v) is 5.68. The molecule has 0 saturated carbocycles. The third kappa shape index (κ3) is 4.96. The van der Waals surface area contributed by atoms with Gasteiger partial charge in [-0.05, 0) is 57.4 Å². The van der Waals surface area contributed by atoms with E-state index in [1.54, 1.807) is 4.90 Å². The van der Waals surface area contributed by atoms with E-state index in [0.29, 0.717) is 30.7 Å². The second-order valence-corrected chi connectivity index (χ2v) is 9.25. The van der Waals surface area contributed by atoms with Crippen LogP contribution >= 0.6 is 11.6 Å². The highest BCUT2D eigenvalue weighted by Crippen LogP contribution is 2.27. The molecule has 0 bridgehead atoms. The Morgan fingerprint density at radius 3 is 2.68 bits per heavy atom. The van der Waals surface area contributed by atoms with Crippen molar-refractivity contribution in [1.82, 2.24) is 14.5 Å². The number of aromatic nitrogens is 2. The Morgan fingerprint density at radius 2 is 1.90 bits per heavy atom. The molecule has 0 unspecified atom stereocenters. The average molecular weight is 442 g/mol. The summed E-state index contributed by atoms with van der Waals surface area (Å²) >= 11 is 6.40. The van der Waals surface area contributed by atoms with Crippen LogP contribution in [-0.2, 0) is 11.3 Å². The number of carbonyl (C=O) groups excluding carboxylic acids is 1. The molecule has 0 spiro atoms. The highest BCUT2D eigenvalue weighted by atomic mass is 35.5. The van der Waals surface area contributed by atoms with Crippen LogP contribution in [0.5, 0.6) is 6.01 Å². The molecule has 1 saturated heterocycles. The van der Waals surface area contributed by atoms with E-state index in [4.69, 9.17) is 26.1 Å². The highest BCUT2D eigenvalue weighted by Gasteiger charge is 2.33. The number of hydrogen-bond acceptors (Lipinski definition) is 4. The molecule has 7 heteroatoms. The van der Waals surface area contributed by atoms with Gasteiger partial charge in [-0.1, -0.05) is 41.9 Å². The molecule has 3 aromatic rings. The van der Waals surface area contributed by atoms with E-state index in [2.05, 4.69) is 0 Å². The summed E-state index contributed by atoms with van der Waals surface area (Å²) in [4.78, 5) is 19.0. The summed E-state index contributed by atoms with van der Waals surface area (Å²) in [6.45, 7) is 7.23. The minimum absolute atomic E-state index is 0.0385. The van der Waals surface area contributed by atoms with E-state index in [-0.39, 0.29) is 12.1 Å². The number of para-hydroxylation sites is 2. The normalized spacial score (nSPS) is 16.6. The number of halogens is 1. The van der Waals surface area contributed by atoms with E-state index < -0.39 is 5.60 Å². The molecule has 1 amide bonds. The highest BCUT2D eigenvalue weighted by molar-refractivity contribution is 6.31. The van der Waals surface area contributed by atoms with Crippen molar-refractivity contribution in [3.63, 3.8) is 0 Å². The standard InChI is InChI=1S/C24H28ClN3O3/c1-24(2,3)31-23(29)27-14-8-10-18(27)16-30-22-26-20-12-6-7-13-21(20)28(22)15-17-9-4-5-11-19(17)25/h4-7,9,11-13,18H,8,10,14-16H2,1-3H3/t18-/m1/s1. The lowest BCUT2D eigenvalue weighted by atomic mass is 10.2. The predicted octanol–water partition coefficient (Wildman–Crippen LogP) is 5.52. The van der Waals surface area contributed by atoms with Gasteiger partial charge in [0.2, 0.25) is 0 Å². The van der Waals surface area contributed by atoms with Crippen molar-refractivity contribution in [1.29, 1.82) is 0 Å². The van der Waals surface area contributed by atoms with E-state index >= 15 is 0 Å². The fourth-order valence-corrected chi connectivity index (χ4v) is 4.05. The Kier molecular flexibility index (Phi) is 6.10. The van der Waals surface area contributed by atoms with Crippen molar-refractivity contribution in [3.05, 3.63) is 59.1 Å². The first-order valence-corrected chi connectivity index (χ1v) is 11.0. The molecule has 1 fully saturated rings. The zero-order valence-electron chi connectivity index (χ0n) is 18.2. The van der Waals surface area contributed by atoms with E-state index in [0.717, 1.165) is 29.4 Å². The quantitative estimate of drug-likeness (QED) is 0.523. The molecule has 2 aromatic carbocycles. The molecule has 2 heterocycles. The van der Waals surface area contributed by atoms with Gasteiger partial charge >= 0.3 is 6.09 Å². The van der Waals surface area contributed by atoms with Crippen LogP contribution in [0, 0.1) is 0 Å². The molecule has 4 rings (SSSR count). The summed E-state index contributed by atoms with van der Waals surface area (Å²) in [6, 6.07) is 16.2. The SMILES string of the molecule is CC(C)(C)OC(=O)N1CCC[C@@H]1COc1nc2ccccc2n1Cc1ccccc1Cl. The Hall–Kier alpha value is -2.73. The minimum Gasteiger partial charge on any atom is -0.462 e. The molecule has 0 radical (unpaired) electrons. The Bertz CT molecular complexity index is 1070. The smallest absolute Gasteiger partial charge is 0.410 e. The molecule has 31 heavy (non-hydrogen) atoms. The number of nitrogens with zero attached hydrogens (tertiary/aromatic N) is 3. The molecule has 1 aliphatic heterocycles. The first kappa shape index (κ1) is 21.5. The lowest BCUT2D eigenvalue weighted by Crippen LogP contribution is -2.42. The first-order valence-electron chi connectivity index (χ1n) is 10.6. The fourth-order valence-electron chi connectivity index (χ4n) is 3.85. The van der Waals surface area contributed by atoms with Gasteiger partial charge in [-0.15, -0.1) is 0 Å². The van der Waals surface area contributed by atoms with Gasteiger partial charge in [0, 0.05) is 11.6 Å². The number of fused-ring (bicyclic) bond motifs is 1. The van der Waals surface area contributed by atoms with Crippen LogP contribution in [0.3, 0.4) is 0 Å². The largest absolute Gasteiger partial charge is 0.462 e. The van der Waals surface area contributed by atoms with Crippen LogP contribution in [0.1, 0.15) is 39.2 Å². The van der Waals surface area contributed by atoms with Gasteiger partial charge in [-0.25, -0.2) is 4.79 Å². The zero-order valence-corrected chi connectivity index (χ0v) is 18.9. The molecule has 0 N–H and O–H groups in total. The molecule has 1 aliphatic rings. The van der Waals surface area contributed by atoms with Crippen LogP contribution in [0.2, 0.25) is 5.02 Å². The van der Waals surface area contributed by atoms with Crippen LogP contribution in [0.4, 0.5) is 4.79 Å². The topological polar surface area (TPSA) is 56.6 Å². The van der Waals surface area contributed by atoms with Crippen molar-refractivity contribution in [2.45, 2.75) is 51.8 Å². The van der Waals surface area contributed by atoms with Gasteiger partial charge in [0.15, 0.2) is 0 Å². The Balaban J connectivity index is 1.54. The van der Waals surface area contributed by atoms with E-state index in [1.807, 2.05) is 73.9 Å². The van der Waals surface area contributed by atoms with E-state index in [9.17, 15) is 4.79 Å². The second kappa shape index (κ2) is 8.79. The lowest BCUT2D eigenvalue weighted by molar-refractivity contribution is 0.0183. The molecule has 164 valence electrons. The molecule has 6 nitrogen and oxygen atoms in total. The molecular weight excluding hydrogens is 414 g/mol. The van der Waals surface area contributed by atoms with Crippen LogP contribution in [0.25, 0.3) is 11.0 Å². The van der Waals surface area contributed by atoms with Crippen molar-refractivity contribution >= 4 is 28.7 Å². The second-order valence-electron chi connectivity index (χ2n) is 8.84. The summed E-state index contributed by atoms with van der Waals surface area (Å²) in [5.41, 5.74) is 2.31. The van der Waals surface area contributed by atoms with Crippen molar-refractivity contribution in [2.75, 3.05) is 13.2 Å². The van der Waals surface area contributed by atoms with Crippen molar-refractivity contribution in [3.8, 4) is 6.01 Å². The fraction of sp³-hybridized carbons (Fsp3) is 0.417. The zero-order chi connectivity index (χ0) is 22.0. The van der Waals surface area contributed by atoms with Crippen LogP contribution in [-0.4, -0.2) is 45.3 Å². The van der Waals surface area contributed by atoms with Gasteiger partial charge in [-0.2, -0.15) is 4.98 Å². The van der Waals surface area contributed by atoms with E-state index in [1.165, 1.54) is 0 Å². The van der Waals surface area contributed by atoms with Gasteiger partial charge < -0.3 is 14.4 Å². The average Bonchev–Trinajstić information content (AvgIpc) is 3.32. The number of hydrogen-bond donors (Lipinski definition) is 0. The maximum absolute atomic E-state index is 12.6. The molecular formula is C24H28ClN3O3. The number of likely N-dealkylation sites (tertiary alicyclic amines) is 1. The summed E-state index contributed by atoms with van der Waals surface area (Å²) < 4.78 is 13.8. The van der Waals surface area contributed by atoms with Gasteiger partial charge in [-0.3, -0.25) is 4.57 Å². The van der Waals surface area contributed by atoms with Gasteiger partial charge in [0.1, 0.15) is 12.2 Å². The van der Waals surface area contributed by atoms with Crippen LogP contribution < -0.4 is 4.74 Å². The minimum atomic E-state index is -0.520. The number of rotatable bonds is 5. The summed E-state index contributed by atoms with van der Waals surface area (Å²) in [6.07, 6.45) is 1.52. The molecule has 1 atom stereocenters. The summed E-state index contributed by atoms with van der Waals surface area (Å²) in [7, 11) is 0. The number of imidazole rings is 1. The summed E-state index contributed by atoms with van der Waals surface area (Å²) in [5.74, 6) is 0. The number of ether oxygens (including phenoxy) is 2. The Labute approximate surface area is 187 Å². The maximum Gasteiger partial charge on any atom is 0.410 e. The third-order valence-electron chi connectivity index (χ3n) is 5.32. The molecule has 1 aromatic heterocycles. The Morgan fingerprint density at radius 1 is 1.16 bits per heavy atom. The number of benzene rings is 2. The van der Waals surface area contributed by atoms with Gasteiger partial charge in [0.25, 0.3) is 6.01 Å². The first-order chi connectivity index (χ1) is 14.8. The number of amides is 1. The predicted molar refractivity (Wildman–Crippen MR) is 122 cm³/mol.